The quantitative estimate of drug-likeness (QED) is 0.481. The van der Waals surface area contributed by atoms with E-state index in [-0.39, 0.29) is 16.9 Å². The fraction of sp³-hybridized carbons (Fsp3) is 0.200. The standard InChI is InChI=1S/C10H7F2IO3/c1-5(15)9-6(4-14)2-7(13)3-8(9)16-10(11)12/h2-4,10H,1H3. The molecule has 0 atom stereocenters. The van der Waals surface area contributed by atoms with Crippen molar-refractivity contribution in [2.75, 3.05) is 0 Å². The first kappa shape index (κ1) is 13.0. The first-order chi connectivity index (χ1) is 7.45. The molecule has 0 spiro atoms. The zero-order valence-electron chi connectivity index (χ0n) is 8.17. The lowest BCUT2D eigenvalue weighted by Crippen LogP contribution is -2.09. The molecule has 1 aromatic carbocycles. The maximum Gasteiger partial charge on any atom is 0.387 e. The zero-order valence-corrected chi connectivity index (χ0v) is 10.3. The molecule has 0 unspecified atom stereocenters. The number of hydrogen-bond donors (Lipinski definition) is 0. The normalized spacial score (nSPS) is 10.3. The van der Waals surface area contributed by atoms with Crippen molar-refractivity contribution in [2.45, 2.75) is 13.5 Å². The first-order valence-electron chi connectivity index (χ1n) is 4.20. The topological polar surface area (TPSA) is 43.4 Å². The number of halogens is 3. The molecule has 1 aromatic rings. The minimum atomic E-state index is -3.03. The van der Waals surface area contributed by atoms with Crippen LogP contribution in [0.4, 0.5) is 8.78 Å². The van der Waals surface area contributed by atoms with Crippen molar-refractivity contribution in [2.24, 2.45) is 0 Å². The average molecular weight is 340 g/mol. The van der Waals surface area contributed by atoms with Gasteiger partial charge in [-0.2, -0.15) is 8.78 Å². The van der Waals surface area contributed by atoms with Gasteiger partial charge in [0.15, 0.2) is 12.1 Å². The smallest absolute Gasteiger partial charge is 0.387 e. The third-order valence-electron chi connectivity index (χ3n) is 1.79. The molecule has 1 rings (SSSR count). The lowest BCUT2D eigenvalue weighted by Gasteiger charge is -2.11. The number of Topliss-reactive ketones (excluding diaryl/α,β-unsaturated/α-hetero) is 1. The summed E-state index contributed by atoms with van der Waals surface area (Å²) in [6, 6.07) is 2.72. The Morgan fingerprint density at radius 3 is 2.56 bits per heavy atom. The molecule has 0 amide bonds. The van der Waals surface area contributed by atoms with Crippen LogP contribution in [0.2, 0.25) is 0 Å². The van der Waals surface area contributed by atoms with E-state index in [9.17, 15) is 18.4 Å². The lowest BCUT2D eigenvalue weighted by molar-refractivity contribution is -0.0502. The molecule has 0 saturated heterocycles. The van der Waals surface area contributed by atoms with Gasteiger partial charge in [-0.25, -0.2) is 0 Å². The van der Waals surface area contributed by atoms with E-state index in [1.165, 1.54) is 19.1 Å². The molecule has 0 aliphatic carbocycles. The summed E-state index contributed by atoms with van der Waals surface area (Å²) in [5.41, 5.74) is -0.0641. The molecule has 86 valence electrons. The Labute approximate surface area is 104 Å². The van der Waals surface area contributed by atoms with Gasteiger partial charge < -0.3 is 4.74 Å². The molecule has 0 saturated carbocycles. The van der Waals surface area contributed by atoms with Gasteiger partial charge in [-0.1, -0.05) is 0 Å². The number of benzene rings is 1. The van der Waals surface area contributed by atoms with E-state index in [1.54, 1.807) is 0 Å². The monoisotopic (exact) mass is 340 g/mol. The SMILES string of the molecule is CC(=O)c1c(C=O)cc(I)cc1OC(F)F. The summed E-state index contributed by atoms with van der Waals surface area (Å²) in [4.78, 5) is 22.0. The number of ether oxygens (including phenoxy) is 1. The zero-order chi connectivity index (χ0) is 12.3. The molecule has 0 aromatic heterocycles. The molecular weight excluding hydrogens is 333 g/mol. The van der Waals surface area contributed by atoms with Gasteiger partial charge in [-0.3, -0.25) is 9.59 Å². The first-order valence-corrected chi connectivity index (χ1v) is 5.28. The van der Waals surface area contributed by atoms with Gasteiger partial charge in [0.25, 0.3) is 0 Å². The van der Waals surface area contributed by atoms with Crippen molar-refractivity contribution in [1.29, 1.82) is 0 Å². The van der Waals surface area contributed by atoms with Crippen molar-refractivity contribution >= 4 is 34.7 Å². The third kappa shape index (κ3) is 2.97. The van der Waals surface area contributed by atoms with Gasteiger partial charge in [-0.05, 0) is 41.6 Å². The van der Waals surface area contributed by atoms with Gasteiger partial charge in [0, 0.05) is 9.13 Å². The molecule has 3 nitrogen and oxygen atoms in total. The molecule has 0 aliphatic rings. The highest BCUT2D eigenvalue weighted by atomic mass is 127. The summed E-state index contributed by atoms with van der Waals surface area (Å²) in [5, 5.41) is 0. The van der Waals surface area contributed by atoms with Crippen LogP contribution in [-0.2, 0) is 0 Å². The predicted molar refractivity (Wildman–Crippen MR) is 61.2 cm³/mol. The van der Waals surface area contributed by atoms with Crippen LogP contribution in [0.5, 0.6) is 5.75 Å². The third-order valence-corrected chi connectivity index (χ3v) is 2.42. The van der Waals surface area contributed by atoms with Crippen molar-refractivity contribution in [1.82, 2.24) is 0 Å². The van der Waals surface area contributed by atoms with E-state index < -0.39 is 12.4 Å². The van der Waals surface area contributed by atoms with E-state index >= 15 is 0 Å². The highest BCUT2D eigenvalue weighted by molar-refractivity contribution is 14.1. The molecule has 0 heterocycles. The van der Waals surface area contributed by atoms with Crippen molar-refractivity contribution in [3.8, 4) is 5.75 Å². The van der Waals surface area contributed by atoms with Crippen molar-refractivity contribution in [3.63, 3.8) is 0 Å². The van der Waals surface area contributed by atoms with Gasteiger partial charge in [0.05, 0.1) is 5.56 Å². The van der Waals surface area contributed by atoms with E-state index in [2.05, 4.69) is 4.74 Å². The largest absolute Gasteiger partial charge is 0.434 e. The second-order valence-electron chi connectivity index (χ2n) is 2.92. The average Bonchev–Trinajstić information content (AvgIpc) is 2.14. The molecule has 0 fully saturated rings. The second kappa shape index (κ2) is 5.33. The molecule has 0 aliphatic heterocycles. The van der Waals surface area contributed by atoms with Crippen LogP contribution < -0.4 is 4.74 Å². The van der Waals surface area contributed by atoms with Gasteiger partial charge in [-0.15, -0.1) is 0 Å². The summed E-state index contributed by atoms with van der Waals surface area (Å²) in [5.74, 6) is -0.759. The molecular formula is C10H7F2IO3. The predicted octanol–water partition coefficient (Wildman–Crippen LogP) is 2.91. The van der Waals surface area contributed by atoms with Crippen molar-refractivity contribution in [3.05, 3.63) is 26.8 Å². The number of aldehydes is 1. The fourth-order valence-corrected chi connectivity index (χ4v) is 1.88. The van der Waals surface area contributed by atoms with Crippen LogP contribution in [0.25, 0.3) is 0 Å². The highest BCUT2D eigenvalue weighted by Gasteiger charge is 2.18. The number of ketones is 1. The Balaban J connectivity index is 3.37. The second-order valence-corrected chi connectivity index (χ2v) is 4.17. The van der Waals surface area contributed by atoms with Crippen LogP contribution in [0.15, 0.2) is 12.1 Å². The van der Waals surface area contributed by atoms with Crippen LogP contribution in [0.3, 0.4) is 0 Å². The summed E-state index contributed by atoms with van der Waals surface area (Å²) >= 11 is 1.85. The summed E-state index contributed by atoms with van der Waals surface area (Å²) in [6.45, 7) is -1.84. The van der Waals surface area contributed by atoms with Crippen LogP contribution in [-0.4, -0.2) is 18.7 Å². The molecule has 0 radical (unpaired) electrons. The number of alkyl halides is 2. The van der Waals surface area contributed by atoms with Crippen molar-refractivity contribution < 1.29 is 23.1 Å². The van der Waals surface area contributed by atoms with Crippen LogP contribution in [0.1, 0.15) is 27.6 Å². The number of carbonyl (C=O) groups is 2. The minimum Gasteiger partial charge on any atom is -0.434 e. The van der Waals surface area contributed by atoms with E-state index in [0.29, 0.717) is 9.86 Å². The number of hydrogen-bond acceptors (Lipinski definition) is 3. The minimum absolute atomic E-state index is 0.0510. The summed E-state index contributed by atoms with van der Waals surface area (Å²) in [7, 11) is 0. The fourth-order valence-electron chi connectivity index (χ4n) is 1.26. The molecule has 6 heteroatoms. The maximum atomic E-state index is 12.1. The van der Waals surface area contributed by atoms with Crippen LogP contribution >= 0.6 is 22.6 Å². The Hall–Kier alpha value is -1.05. The Kier molecular flexibility index (Phi) is 4.34. The number of carbonyl (C=O) groups excluding carboxylic acids is 2. The van der Waals surface area contributed by atoms with Gasteiger partial charge in [0.1, 0.15) is 5.75 Å². The van der Waals surface area contributed by atoms with E-state index in [1.807, 2.05) is 22.6 Å². The lowest BCUT2D eigenvalue weighted by atomic mass is 10.0. The van der Waals surface area contributed by atoms with Gasteiger partial charge >= 0.3 is 6.61 Å². The Bertz CT molecular complexity index is 432. The summed E-state index contributed by atoms with van der Waals surface area (Å²) in [6.07, 6.45) is 0.442. The Morgan fingerprint density at radius 1 is 1.50 bits per heavy atom. The van der Waals surface area contributed by atoms with E-state index in [4.69, 9.17) is 0 Å². The highest BCUT2D eigenvalue weighted by Crippen LogP contribution is 2.27. The van der Waals surface area contributed by atoms with Crippen LogP contribution in [0, 0.1) is 3.57 Å². The molecule has 16 heavy (non-hydrogen) atoms. The molecule has 0 bridgehead atoms. The Morgan fingerprint density at radius 2 is 2.12 bits per heavy atom. The summed E-state index contributed by atoms with van der Waals surface area (Å²) < 4.78 is 29.0. The number of rotatable bonds is 4. The maximum absolute atomic E-state index is 12.1. The van der Waals surface area contributed by atoms with E-state index in [0.717, 1.165) is 0 Å². The van der Waals surface area contributed by atoms with Gasteiger partial charge in [0.2, 0.25) is 0 Å². The molecule has 0 N–H and O–H groups in total.